The fraction of sp³-hybridized carbons (Fsp3) is 0.375. The van der Waals surface area contributed by atoms with Gasteiger partial charge >= 0.3 is 0 Å². The second kappa shape index (κ2) is 4.01. The Morgan fingerprint density at radius 1 is 0.950 bits per heavy atom. The number of carbonyl (C=O) groups is 2. The Balaban J connectivity index is 1.80. The monoisotopic (exact) mass is 271 g/mol. The van der Waals surface area contributed by atoms with E-state index >= 15 is 0 Å². The minimum absolute atomic E-state index is 0.0938. The summed E-state index contributed by atoms with van der Waals surface area (Å²) in [4.78, 5) is 26.3. The average molecular weight is 271 g/mol. The summed E-state index contributed by atoms with van der Waals surface area (Å²) in [6.07, 6.45) is 6.02. The summed E-state index contributed by atoms with van der Waals surface area (Å²) in [7, 11) is 0. The van der Waals surface area contributed by atoms with Gasteiger partial charge in [0.2, 0.25) is 11.8 Å². The van der Waals surface area contributed by atoms with Crippen molar-refractivity contribution in [2.24, 2.45) is 23.7 Å². The lowest BCUT2D eigenvalue weighted by atomic mass is 9.63. The van der Waals surface area contributed by atoms with Gasteiger partial charge in [0.15, 0.2) is 0 Å². The number of rotatable bonds is 1. The molecule has 1 saturated carbocycles. The third-order valence-electron chi connectivity index (χ3n) is 4.85. The molecule has 1 aromatic rings. The van der Waals surface area contributed by atoms with Gasteiger partial charge in [0.05, 0.1) is 17.5 Å². The van der Waals surface area contributed by atoms with Crippen molar-refractivity contribution in [2.75, 3.05) is 4.90 Å². The Morgan fingerprint density at radius 2 is 1.50 bits per heavy atom. The van der Waals surface area contributed by atoms with Gasteiger partial charge in [-0.2, -0.15) is 0 Å². The molecule has 4 aliphatic rings. The fourth-order valence-electron chi connectivity index (χ4n) is 3.94. The molecule has 5 rings (SSSR count). The van der Waals surface area contributed by atoms with Gasteiger partial charge < -0.3 is 0 Å². The van der Waals surface area contributed by atoms with Crippen molar-refractivity contribution in [2.45, 2.75) is 12.8 Å². The van der Waals surface area contributed by atoms with Crippen LogP contribution in [0.2, 0.25) is 0 Å². The second-order valence-electron chi connectivity index (χ2n) is 5.80. The predicted molar refractivity (Wildman–Crippen MR) is 71.2 cm³/mol. The number of para-hydroxylation sites is 1. The number of allylic oxidation sites excluding steroid dienone is 2. The Bertz CT molecular complexity index is 607. The molecule has 1 saturated heterocycles. The fourth-order valence-corrected chi connectivity index (χ4v) is 3.94. The lowest BCUT2D eigenvalue weighted by Crippen LogP contribution is -2.38. The van der Waals surface area contributed by atoms with Gasteiger partial charge in [0.25, 0.3) is 0 Å². The lowest BCUT2D eigenvalue weighted by molar-refractivity contribution is -0.124. The molecule has 0 spiro atoms. The van der Waals surface area contributed by atoms with E-state index in [4.69, 9.17) is 0 Å². The molecule has 0 radical (unpaired) electrons. The molecule has 0 unspecified atom stereocenters. The van der Waals surface area contributed by atoms with Gasteiger partial charge in [-0.15, -0.1) is 0 Å². The van der Waals surface area contributed by atoms with Crippen LogP contribution in [0.1, 0.15) is 12.8 Å². The van der Waals surface area contributed by atoms with Crippen molar-refractivity contribution in [1.82, 2.24) is 0 Å². The molecule has 4 heteroatoms. The van der Waals surface area contributed by atoms with Gasteiger partial charge in [-0.05, 0) is 36.8 Å². The molecular weight excluding hydrogens is 257 g/mol. The zero-order valence-corrected chi connectivity index (χ0v) is 10.8. The van der Waals surface area contributed by atoms with Crippen molar-refractivity contribution >= 4 is 17.5 Å². The SMILES string of the molecule is O=C1[C@H]2[C@H](C(=O)N1c1ccccc1F)[C@H]1C=C[C@H]2CC1. The van der Waals surface area contributed by atoms with E-state index in [1.165, 1.54) is 12.1 Å². The molecule has 20 heavy (non-hydrogen) atoms. The van der Waals surface area contributed by atoms with Crippen molar-refractivity contribution in [3.05, 3.63) is 42.2 Å². The number of hydrogen-bond acceptors (Lipinski definition) is 2. The zero-order valence-electron chi connectivity index (χ0n) is 10.8. The van der Waals surface area contributed by atoms with E-state index in [0.717, 1.165) is 17.7 Å². The van der Waals surface area contributed by atoms with Gasteiger partial charge in [-0.25, -0.2) is 9.29 Å². The maximum atomic E-state index is 13.9. The van der Waals surface area contributed by atoms with Crippen molar-refractivity contribution in [3.63, 3.8) is 0 Å². The highest BCUT2D eigenvalue weighted by molar-refractivity contribution is 6.22. The third kappa shape index (κ3) is 1.39. The predicted octanol–water partition coefficient (Wildman–Crippen LogP) is 2.53. The van der Waals surface area contributed by atoms with Crippen LogP contribution in [0.5, 0.6) is 0 Å². The molecule has 2 fully saturated rings. The van der Waals surface area contributed by atoms with Crippen LogP contribution in [0.25, 0.3) is 0 Å². The smallest absolute Gasteiger partial charge is 0.238 e. The van der Waals surface area contributed by atoms with Crippen LogP contribution in [-0.2, 0) is 9.59 Å². The van der Waals surface area contributed by atoms with Gasteiger partial charge in [0, 0.05) is 0 Å². The number of amides is 2. The van der Waals surface area contributed by atoms with Crippen LogP contribution in [0.15, 0.2) is 36.4 Å². The number of nitrogens with zero attached hydrogens (tertiary/aromatic N) is 1. The molecule has 0 aromatic heterocycles. The summed E-state index contributed by atoms with van der Waals surface area (Å²) in [5, 5.41) is 0. The summed E-state index contributed by atoms with van der Waals surface area (Å²) in [6, 6.07) is 5.98. The van der Waals surface area contributed by atoms with Crippen LogP contribution >= 0.6 is 0 Å². The number of carbonyl (C=O) groups excluding carboxylic acids is 2. The van der Waals surface area contributed by atoms with Crippen LogP contribution in [0.4, 0.5) is 10.1 Å². The van der Waals surface area contributed by atoms with Crippen molar-refractivity contribution in [3.8, 4) is 0 Å². The number of halogens is 1. The first-order chi connectivity index (χ1) is 9.68. The summed E-state index contributed by atoms with van der Waals surface area (Å²) >= 11 is 0. The Hall–Kier alpha value is -1.97. The molecule has 1 aliphatic heterocycles. The third-order valence-corrected chi connectivity index (χ3v) is 4.85. The Kier molecular flexibility index (Phi) is 2.37. The summed E-state index contributed by atoms with van der Waals surface area (Å²) < 4.78 is 13.9. The number of anilines is 1. The molecule has 3 aliphatic carbocycles. The summed E-state index contributed by atoms with van der Waals surface area (Å²) in [5.41, 5.74) is 0.0938. The summed E-state index contributed by atoms with van der Waals surface area (Å²) in [5.74, 6) is -1.28. The molecule has 0 N–H and O–H groups in total. The second-order valence-corrected chi connectivity index (χ2v) is 5.80. The Morgan fingerprint density at radius 3 is 2.00 bits per heavy atom. The molecule has 1 heterocycles. The Labute approximate surface area is 116 Å². The largest absolute Gasteiger partial charge is 0.274 e. The highest BCUT2D eigenvalue weighted by Gasteiger charge is 2.57. The quantitative estimate of drug-likeness (QED) is 0.581. The highest BCUT2D eigenvalue weighted by atomic mass is 19.1. The van der Waals surface area contributed by atoms with Crippen LogP contribution in [0.3, 0.4) is 0 Å². The van der Waals surface area contributed by atoms with E-state index in [1.54, 1.807) is 12.1 Å². The first-order valence-corrected chi connectivity index (χ1v) is 6.99. The molecule has 2 bridgehead atoms. The first kappa shape index (κ1) is 11.8. The first-order valence-electron chi connectivity index (χ1n) is 6.99. The van der Waals surface area contributed by atoms with Gasteiger partial charge in [-0.1, -0.05) is 24.3 Å². The van der Waals surface area contributed by atoms with Gasteiger partial charge in [0.1, 0.15) is 5.82 Å². The number of fused-ring (bicyclic) bond motifs is 1. The molecule has 4 atom stereocenters. The number of hydrogen-bond donors (Lipinski definition) is 0. The molecular formula is C16H14FNO2. The molecule has 1 aromatic carbocycles. The number of benzene rings is 1. The minimum atomic E-state index is -0.520. The highest BCUT2D eigenvalue weighted by Crippen LogP contribution is 2.50. The normalized spacial score (nSPS) is 34.8. The van der Waals surface area contributed by atoms with E-state index < -0.39 is 5.82 Å². The molecule has 2 amide bonds. The van der Waals surface area contributed by atoms with Crippen LogP contribution < -0.4 is 4.90 Å². The van der Waals surface area contributed by atoms with E-state index in [1.807, 2.05) is 0 Å². The van der Waals surface area contributed by atoms with Crippen molar-refractivity contribution in [1.29, 1.82) is 0 Å². The molecule has 102 valence electrons. The van der Waals surface area contributed by atoms with E-state index in [0.29, 0.717) is 0 Å². The number of imide groups is 1. The molecule has 3 nitrogen and oxygen atoms in total. The lowest BCUT2D eigenvalue weighted by Gasteiger charge is -2.38. The van der Waals surface area contributed by atoms with Crippen LogP contribution in [-0.4, -0.2) is 11.8 Å². The maximum absolute atomic E-state index is 13.9. The summed E-state index contributed by atoms with van der Waals surface area (Å²) in [6.45, 7) is 0. The van der Waals surface area contributed by atoms with Crippen molar-refractivity contribution < 1.29 is 14.0 Å². The van der Waals surface area contributed by atoms with E-state index in [2.05, 4.69) is 12.2 Å². The van der Waals surface area contributed by atoms with Crippen LogP contribution in [0, 0.1) is 29.5 Å². The van der Waals surface area contributed by atoms with E-state index in [9.17, 15) is 14.0 Å². The van der Waals surface area contributed by atoms with Gasteiger partial charge in [-0.3, -0.25) is 9.59 Å². The average Bonchev–Trinajstić information content (AvgIpc) is 2.75. The standard InChI is InChI=1S/C16H14FNO2/c17-11-3-1-2-4-12(11)18-15(19)13-9-5-6-10(8-7-9)14(13)16(18)20/h1-6,9-10,13-14H,7-8H2/t9-,10-,13+,14+/m0/s1. The van der Waals surface area contributed by atoms with E-state index in [-0.39, 0.29) is 41.2 Å². The maximum Gasteiger partial charge on any atom is 0.238 e. The minimum Gasteiger partial charge on any atom is -0.274 e. The zero-order chi connectivity index (χ0) is 13.9. The topological polar surface area (TPSA) is 37.4 Å².